The first-order chi connectivity index (χ1) is 12.5. The van der Waals surface area contributed by atoms with Gasteiger partial charge in [-0.25, -0.2) is 0 Å². The second-order valence-corrected chi connectivity index (χ2v) is 7.84. The van der Waals surface area contributed by atoms with Crippen LogP contribution < -0.4 is 5.73 Å². The van der Waals surface area contributed by atoms with E-state index in [1.54, 1.807) is 13.0 Å². The van der Waals surface area contributed by atoms with Crippen molar-refractivity contribution in [1.82, 2.24) is 4.90 Å². The quantitative estimate of drug-likeness (QED) is 0.340. The number of allylic oxidation sites excluding steroid dienone is 2. The molecule has 0 aromatic carbocycles. The van der Waals surface area contributed by atoms with Crippen LogP contribution in [0.4, 0.5) is 0 Å². The van der Waals surface area contributed by atoms with Gasteiger partial charge in [-0.3, -0.25) is 14.4 Å². The third-order valence-electron chi connectivity index (χ3n) is 6.16. The molecule has 27 heavy (non-hydrogen) atoms. The summed E-state index contributed by atoms with van der Waals surface area (Å²) in [4.78, 5) is 39.4. The number of nitrogens with two attached hydrogens (primary N) is 1. The van der Waals surface area contributed by atoms with Crippen LogP contribution in [0.15, 0.2) is 23.5 Å². The van der Waals surface area contributed by atoms with Crippen molar-refractivity contribution in [2.24, 2.45) is 29.4 Å². The number of aliphatic hydroxyl groups excluding tert-OH is 3. The van der Waals surface area contributed by atoms with Gasteiger partial charge in [0.2, 0.25) is 11.7 Å². The molecule has 0 radical (unpaired) electrons. The third kappa shape index (κ3) is 2.42. The Balaban J connectivity index is 2.26. The van der Waals surface area contributed by atoms with Crippen LogP contribution in [0.1, 0.15) is 6.92 Å². The maximum absolute atomic E-state index is 13.2. The Bertz CT molecular complexity index is 774. The summed E-state index contributed by atoms with van der Waals surface area (Å²) in [5.74, 6) is -8.36. The normalized spacial score (nSPS) is 44.3. The second kappa shape index (κ2) is 6.23. The van der Waals surface area contributed by atoms with Gasteiger partial charge in [0, 0.05) is 23.5 Å². The molecule has 2 saturated carbocycles. The Morgan fingerprint density at radius 1 is 1.22 bits per heavy atom. The van der Waals surface area contributed by atoms with E-state index >= 15 is 0 Å². The van der Waals surface area contributed by atoms with E-state index in [1.165, 1.54) is 25.1 Å². The molecule has 1 amide bonds. The summed E-state index contributed by atoms with van der Waals surface area (Å²) in [7, 11) is 3.07. The first-order valence-electron chi connectivity index (χ1n) is 8.70. The molecule has 0 bridgehead atoms. The molecule has 148 valence electrons. The van der Waals surface area contributed by atoms with Crippen molar-refractivity contribution < 1.29 is 34.8 Å². The standard InChI is InChI=1S/C18H24N2O7/c1-6-4-5-7(21)9-8(6)13(22)11-12(20(2)3)14(23)10(17(19)26)16(25)18(11,27)15(9)24/h4-6,8,10-14,21-23,27H,1-3H3,(H2,19,26)/t6?,8?,10?,11?,12?,13?,14?,18-/m0/s1. The molecule has 0 aromatic heterocycles. The van der Waals surface area contributed by atoms with Gasteiger partial charge in [0.15, 0.2) is 11.4 Å². The molecule has 9 heteroatoms. The van der Waals surface area contributed by atoms with Crippen molar-refractivity contribution in [3.05, 3.63) is 23.5 Å². The van der Waals surface area contributed by atoms with Gasteiger partial charge in [-0.15, -0.1) is 0 Å². The average Bonchev–Trinajstić information content (AvgIpc) is 2.56. The number of rotatable bonds is 2. The van der Waals surface area contributed by atoms with Gasteiger partial charge in [0.1, 0.15) is 11.7 Å². The van der Waals surface area contributed by atoms with E-state index in [2.05, 4.69) is 0 Å². The van der Waals surface area contributed by atoms with Gasteiger partial charge in [0.05, 0.1) is 12.2 Å². The van der Waals surface area contributed by atoms with Crippen LogP contribution in [0.5, 0.6) is 0 Å². The Labute approximate surface area is 155 Å². The van der Waals surface area contributed by atoms with E-state index in [4.69, 9.17) is 5.73 Å². The summed E-state index contributed by atoms with van der Waals surface area (Å²) < 4.78 is 0. The van der Waals surface area contributed by atoms with E-state index in [9.17, 15) is 34.8 Å². The van der Waals surface area contributed by atoms with Crippen LogP contribution in [0.25, 0.3) is 0 Å². The van der Waals surface area contributed by atoms with Gasteiger partial charge in [-0.1, -0.05) is 13.0 Å². The van der Waals surface area contributed by atoms with Gasteiger partial charge >= 0.3 is 0 Å². The monoisotopic (exact) mass is 380 g/mol. The first-order valence-corrected chi connectivity index (χ1v) is 8.70. The minimum Gasteiger partial charge on any atom is -0.508 e. The smallest absolute Gasteiger partial charge is 0.230 e. The number of nitrogens with zero attached hydrogens (tertiary/aromatic N) is 1. The minimum absolute atomic E-state index is 0.248. The summed E-state index contributed by atoms with van der Waals surface area (Å²) >= 11 is 0. The highest BCUT2D eigenvalue weighted by molar-refractivity contribution is 6.23. The molecule has 9 nitrogen and oxygen atoms in total. The van der Waals surface area contributed by atoms with E-state index in [0.29, 0.717) is 0 Å². The molecule has 3 aliphatic carbocycles. The Morgan fingerprint density at radius 3 is 2.33 bits per heavy atom. The fraction of sp³-hybridized carbons (Fsp3) is 0.611. The zero-order valence-electron chi connectivity index (χ0n) is 15.2. The van der Waals surface area contributed by atoms with Gasteiger partial charge in [-0.05, 0) is 26.1 Å². The average molecular weight is 380 g/mol. The van der Waals surface area contributed by atoms with Crippen molar-refractivity contribution in [1.29, 1.82) is 0 Å². The molecule has 3 rings (SSSR count). The number of likely N-dealkylation sites (N-methyl/N-ethyl adjacent to an activating group) is 1. The van der Waals surface area contributed by atoms with Gasteiger partial charge in [0.25, 0.3) is 0 Å². The highest BCUT2D eigenvalue weighted by Gasteiger charge is 2.70. The van der Waals surface area contributed by atoms with Gasteiger partial charge < -0.3 is 31.1 Å². The van der Waals surface area contributed by atoms with E-state index in [-0.39, 0.29) is 11.5 Å². The highest BCUT2D eigenvalue weighted by atomic mass is 16.3. The lowest BCUT2D eigenvalue weighted by molar-refractivity contribution is -0.199. The van der Waals surface area contributed by atoms with Crippen molar-refractivity contribution >= 4 is 17.5 Å². The molecule has 2 fully saturated rings. The summed E-state index contributed by atoms with van der Waals surface area (Å²) in [6.45, 7) is 1.73. The Hall–Kier alpha value is -2.07. The lowest BCUT2D eigenvalue weighted by Crippen LogP contribution is -2.76. The fourth-order valence-corrected chi connectivity index (χ4v) is 4.91. The molecule has 7 unspecified atom stereocenters. The number of amides is 1. The molecule has 6 N–H and O–H groups in total. The topological polar surface area (TPSA) is 161 Å². The number of fused-ring (bicyclic) bond motifs is 2. The van der Waals surface area contributed by atoms with Crippen molar-refractivity contribution in [2.75, 3.05) is 14.1 Å². The highest BCUT2D eigenvalue weighted by Crippen LogP contribution is 2.50. The Morgan fingerprint density at radius 2 is 1.81 bits per heavy atom. The first kappa shape index (κ1) is 19.7. The number of hydrogen-bond donors (Lipinski definition) is 5. The summed E-state index contributed by atoms with van der Waals surface area (Å²) in [5, 5.41) is 43.1. The number of aliphatic hydroxyl groups is 4. The lowest BCUT2D eigenvalue weighted by atomic mass is 9.53. The maximum atomic E-state index is 13.2. The molecule has 8 atom stereocenters. The second-order valence-electron chi connectivity index (χ2n) is 7.84. The fourth-order valence-electron chi connectivity index (χ4n) is 4.91. The van der Waals surface area contributed by atoms with Crippen molar-refractivity contribution in [3.63, 3.8) is 0 Å². The summed E-state index contributed by atoms with van der Waals surface area (Å²) in [5.41, 5.74) is 2.23. The molecule has 0 heterocycles. The number of ketones is 2. The molecule has 3 aliphatic rings. The van der Waals surface area contributed by atoms with Crippen LogP contribution in [0, 0.1) is 23.7 Å². The van der Waals surface area contributed by atoms with E-state index < -0.39 is 64.8 Å². The molecular formula is C18H24N2O7. The predicted octanol–water partition coefficient (Wildman–Crippen LogP) is -2.11. The van der Waals surface area contributed by atoms with Crippen LogP contribution in [-0.2, 0) is 14.4 Å². The number of primary amides is 1. The predicted molar refractivity (Wildman–Crippen MR) is 92.1 cm³/mol. The third-order valence-corrected chi connectivity index (χ3v) is 6.16. The minimum atomic E-state index is -2.78. The molecule has 0 aromatic rings. The zero-order chi connectivity index (χ0) is 20.4. The van der Waals surface area contributed by atoms with Crippen LogP contribution in [-0.4, -0.2) is 80.7 Å². The SMILES string of the molecule is CC1C=CC(O)=C2C(=O)[C@]3(O)C(=O)C(C(N)=O)C(O)C(N(C)C)C3C(O)C21. The maximum Gasteiger partial charge on any atom is 0.230 e. The molecule has 0 saturated heterocycles. The zero-order valence-corrected chi connectivity index (χ0v) is 15.2. The number of carbonyl (C=O) groups is 3. The largest absolute Gasteiger partial charge is 0.508 e. The summed E-state index contributed by atoms with van der Waals surface area (Å²) in [6.07, 6.45) is -0.138. The van der Waals surface area contributed by atoms with Crippen LogP contribution in [0.3, 0.4) is 0 Å². The number of Topliss-reactive ketones (excluding diaryl/α,β-unsaturated/α-hetero) is 2. The molecule has 0 aliphatic heterocycles. The van der Waals surface area contributed by atoms with Crippen LogP contribution in [0.2, 0.25) is 0 Å². The van der Waals surface area contributed by atoms with E-state index in [1.807, 2.05) is 0 Å². The molecular weight excluding hydrogens is 356 g/mol. The number of carbonyl (C=O) groups excluding carboxylic acids is 3. The molecule has 0 spiro atoms. The van der Waals surface area contributed by atoms with E-state index in [0.717, 1.165) is 0 Å². The Kier molecular flexibility index (Phi) is 4.54. The van der Waals surface area contributed by atoms with Crippen molar-refractivity contribution in [3.8, 4) is 0 Å². The summed E-state index contributed by atoms with van der Waals surface area (Å²) in [6, 6.07) is -1.09. The van der Waals surface area contributed by atoms with Gasteiger partial charge in [-0.2, -0.15) is 0 Å². The number of hydrogen-bond acceptors (Lipinski definition) is 8. The van der Waals surface area contributed by atoms with Crippen LogP contribution >= 0.6 is 0 Å². The van der Waals surface area contributed by atoms with Crippen molar-refractivity contribution in [2.45, 2.75) is 30.8 Å². The lowest BCUT2D eigenvalue weighted by Gasteiger charge is -2.56.